The summed E-state index contributed by atoms with van der Waals surface area (Å²) in [6.45, 7) is 9.93. The third-order valence-corrected chi connectivity index (χ3v) is 2.30. The minimum Gasteiger partial charge on any atom is -0.384 e. The maximum absolute atomic E-state index is 10.0. The Hall–Kier alpha value is 1.15. The van der Waals surface area contributed by atoms with Gasteiger partial charge in [-0.05, 0) is 33.6 Å². The summed E-state index contributed by atoms with van der Waals surface area (Å²) in [5.74, 6) is 0. The first kappa shape index (κ1) is 16.6. The van der Waals surface area contributed by atoms with Crippen LogP contribution in [0.2, 0.25) is 0 Å². The second-order valence-corrected chi connectivity index (χ2v) is 3.55. The van der Waals surface area contributed by atoms with E-state index in [4.69, 9.17) is 0 Å². The summed E-state index contributed by atoms with van der Waals surface area (Å²) in [5, 5.41) is 10.0. The topological polar surface area (TPSA) is 32.6 Å². The Morgan fingerprint density at radius 3 is 1.92 bits per heavy atom. The molecule has 0 rings (SSSR count). The summed E-state index contributed by atoms with van der Waals surface area (Å²) >= 11 is 0. The first-order chi connectivity index (χ1) is 5.46. The summed E-state index contributed by atoms with van der Waals surface area (Å²) in [6, 6.07) is 0.273. The second-order valence-electron chi connectivity index (χ2n) is 3.55. The Bertz CT molecular complexity index is 162. The molecule has 0 aromatic carbocycles. The first-order valence-electron chi connectivity index (χ1n) is 4.73. The SMILES string of the molecule is CCC(O)(CC)C(C)=NC(C)C.[Yb]. The number of rotatable bonds is 4. The van der Waals surface area contributed by atoms with Crippen LogP contribution in [-0.4, -0.2) is 22.5 Å². The van der Waals surface area contributed by atoms with Gasteiger partial charge in [-0.3, -0.25) is 4.99 Å². The first-order valence-corrected chi connectivity index (χ1v) is 4.73. The van der Waals surface area contributed by atoms with Crippen molar-refractivity contribution in [3.63, 3.8) is 0 Å². The van der Waals surface area contributed by atoms with E-state index in [2.05, 4.69) is 4.99 Å². The summed E-state index contributed by atoms with van der Waals surface area (Å²) < 4.78 is 0. The molecule has 2 nitrogen and oxygen atoms in total. The van der Waals surface area contributed by atoms with Gasteiger partial charge < -0.3 is 5.11 Å². The van der Waals surface area contributed by atoms with E-state index in [1.54, 1.807) is 0 Å². The zero-order chi connectivity index (χ0) is 9.78. The molecule has 0 heterocycles. The van der Waals surface area contributed by atoms with E-state index in [0.717, 1.165) is 18.6 Å². The standard InChI is InChI=1S/C10H21NO.Yb/c1-6-10(12,7-2)9(5)11-8(3)4;/h8,12H,6-7H2,1-5H3;. The van der Waals surface area contributed by atoms with E-state index in [9.17, 15) is 5.11 Å². The zero-order valence-corrected chi connectivity index (χ0v) is 10.9. The molecule has 0 aliphatic carbocycles. The monoisotopic (exact) mass is 345 g/mol. The number of nitrogens with zero attached hydrogens (tertiary/aromatic N) is 1. The molecule has 0 radical (unpaired) electrons. The minimum absolute atomic E-state index is 0. The third-order valence-electron chi connectivity index (χ3n) is 2.30. The van der Waals surface area contributed by atoms with E-state index < -0.39 is 5.60 Å². The molecule has 0 aromatic heterocycles. The van der Waals surface area contributed by atoms with Gasteiger partial charge in [-0.1, -0.05) is 13.8 Å². The second kappa shape index (κ2) is 7.44. The third kappa shape index (κ3) is 5.56. The van der Waals surface area contributed by atoms with Gasteiger partial charge in [0.2, 0.25) is 0 Å². The summed E-state index contributed by atoms with van der Waals surface area (Å²) in [4.78, 5) is 4.36. The molecule has 1 N–H and O–H groups in total. The maximum atomic E-state index is 10.0. The van der Waals surface area contributed by atoms with Crippen LogP contribution in [0.25, 0.3) is 0 Å². The number of aliphatic imine (C=N–C) groups is 1. The maximum Gasteiger partial charge on any atom is 0.101 e. The van der Waals surface area contributed by atoms with Gasteiger partial charge in [0.25, 0.3) is 0 Å². The largest absolute Gasteiger partial charge is 0.384 e. The molecule has 0 aromatic rings. The quantitative estimate of drug-likeness (QED) is 0.781. The van der Waals surface area contributed by atoms with Crippen molar-refractivity contribution in [3.05, 3.63) is 0 Å². The molecule has 0 unspecified atom stereocenters. The van der Waals surface area contributed by atoms with Crippen LogP contribution >= 0.6 is 0 Å². The number of hydrogen-bond donors (Lipinski definition) is 1. The Morgan fingerprint density at radius 2 is 1.69 bits per heavy atom. The molecule has 0 aliphatic heterocycles. The van der Waals surface area contributed by atoms with Gasteiger partial charge >= 0.3 is 0 Å². The molecule has 0 bridgehead atoms. The van der Waals surface area contributed by atoms with Crippen molar-refractivity contribution in [2.75, 3.05) is 0 Å². The van der Waals surface area contributed by atoms with Crippen LogP contribution in [-0.2, 0) is 0 Å². The van der Waals surface area contributed by atoms with Crippen LogP contribution in [0.15, 0.2) is 4.99 Å². The molecule has 13 heavy (non-hydrogen) atoms. The van der Waals surface area contributed by atoms with Gasteiger partial charge in [-0.15, -0.1) is 0 Å². The van der Waals surface area contributed by atoms with E-state index in [0.29, 0.717) is 0 Å². The van der Waals surface area contributed by atoms with Crippen LogP contribution in [0.4, 0.5) is 0 Å². The van der Waals surface area contributed by atoms with Gasteiger partial charge in [0.05, 0.1) is 0 Å². The van der Waals surface area contributed by atoms with Crippen molar-refractivity contribution < 1.29 is 52.0 Å². The Kier molecular flexibility index (Phi) is 9.49. The molecule has 0 spiro atoms. The average molecular weight is 344 g/mol. The van der Waals surface area contributed by atoms with Crippen molar-refractivity contribution in [2.24, 2.45) is 4.99 Å². The van der Waals surface area contributed by atoms with Crippen LogP contribution in [0.5, 0.6) is 0 Å². The van der Waals surface area contributed by atoms with E-state index in [1.807, 2.05) is 34.6 Å². The van der Waals surface area contributed by atoms with Crippen molar-refractivity contribution >= 4 is 5.71 Å². The van der Waals surface area contributed by atoms with Crippen molar-refractivity contribution in [1.82, 2.24) is 0 Å². The van der Waals surface area contributed by atoms with Crippen molar-refractivity contribution in [1.29, 1.82) is 0 Å². The molecule has 86 valence electrons. The number of aliphatic hydroxyl groups is 1. The molecule has 0 saturated heterocycles. The van der Waals surface area contributed by atoms with Crippen molar-refractivity contribution in [2.45, 2.75) is 59.1 Å². The van der Waals surface area contributed by atoms with Crippen LogP contribution < -0.4 is 0 Å². The van der Waals surface area contributed by atoms with Crippen LogP contribution in [0.1, 0.15) is 47.5 Å². The summed E-state index contributed by atoms with van der Waals surface area (Å²) in [5.41, 5.74) is 0.187. The fraction of sp³-hybridized carbons (Fsp3) is 0.900. The van der Waals surface area contributed by atoms with Crippen LogP contribution in [0.3, 0.4) is 0 Å². The molecule has 0 amide bonds. The molecule has 0 atom stereocenters. The van der Waals surface area contributed by atoms with Gasteiger partial charge in [0, 0.05) is 58.7 Å². The average Bonchev–Trinajstić information content (AvgIpc) is 2.02. The summed E-state index contributed by atoms with van der Waals surface area (Å²) in [6.07, 6.45) is 1.48. The Labute approximate surface area is 120 Å². The Balaban J connectivity index is 0. The normalized spacial score (nSPS) is 13.0. The van der Waals surface area contributed by atoms with Gasteiger partial charge in [-0.25, -0.2) is 0 Å². The predicted octanol–water partition coefficient (Wildman–Crippen LogP) is 2.41. The molecule has 0 saturated carbocycles. The van der Waals surface area contributed by atoms with Gasteiger partial charge in [0.15, 0.2) is 0 Å². The van der Waals surface area contributed by atoms with Crippen LogP contribution in [0, 0.1) is 46.9 Å². The Morgan fingerprint density at radius 1 is 1.31 bits per heavy atom. The smallest absolute Gasteiger partial charge is 0.101 e. The summed E-state index contributed by atoms with van der Waals surface area (Å²) in [7, 11) is 0. The van der Waals surface area contributed by atoms with E-state index in [-0.39, 0.29) is 53.0 Å². The zero-order valence-electron chi connectivity index (χ0n) is 9.15. The molecule has 0 fully saturated rings. The molecular weight excluding hydrogens is 323 g/mol. The predicted molar refractivity (Wildman–Crippen MR) is 53.8 cm³/mol. The van der Waals surface area contributed by atoms with E-state index >= 15 is 0 Å². The molecule has 3 heteroatoms. The number of hydrogen-bond acceptors (Lipinski definition) is 2. The minimum atomic E-state index is -0.676. The fourth-order valence-corrected chi connectivity index (χ4v) is 1.27. The fourth-order valence-electron chi connectivity index (χ4n) is 1.27. The molecular formula is C10H21NOYb. The van der Waals surface area contributed by atoms with Crippen molar-refractivity contribution in [3.8, 4) is 0 Å². The van der Waals surface area contributed by atoms with Gasteiger partial charge in [0.1, 0.15) is 5.60 Å². The van der Waals surface area contributed by atoms with E-state index in [1.165, 1.54) is 0 Å². The van der Waals surface area contributed by atoms with Gasteiger partial charge in [-0.2, -0.15) is 0 Å². The molecule has 0 aliphatic rings.